The van der Waals surface area contributed by atoms with Crippen LogP contribution in [0.15, 0.2) is 24.3 Å². The monoisotopic (exact) mass is 328 g/mol. The van der Waals surface area contributed by atoms with Gasteiger partial charge in [0, 0.05) is 12.7 Å². The number of aliphatic hydroxyl groups is 4. The molecule has 1 aromatic rings. The van der Waals surface area contributed by atoms with Crippen LogP contribution in [-0.4, -0.2) is 63.6 Å². The van der Waals surface area contributed by atoms with Gasteiger partial charge in [0.05, 0.1) is 6.61 Å². The molecule has 6 N–H and O–H groups in total. The number of ether oxygens (including phenoxy) is 1. The molecule has 2 rings (SSSR count). The number of thiocarbonyl (C=S) groups is 1. The summed E-state index contributed by atoms with van der Waals surface area (Å²) in [6.45, 7) is -0.447. The van der Waals surface area contributed by atoms with Crippen LogP contribution in [-0.2, 0) is 4.74 Å². The Bertz CT molecular complexity index is 510. The van der Waals surface area contributed by atoms with E-state index in [0.29, 0.717) is 10.7 Å². The van der Waals surface area contributed by atoms with Gasteiger partial charge in [-0.3, -0.25) is 0 Å². The van der Waals surface area contributed by atoms with Crippen LogP contribution in [0.5, 0.6) is 0 Å². The van der Waals surface area contributed by atoms with Crippen molar-refractivity contribution in [3.05, 3.63) is 29.8 Å². The number of rotatable bonds is 3. The van der Waals surface area contributed by atoms with Crippen molar-refractivity contribution in [1.82, 2.24) is 5.32 Å². The van der Waals surface area contributed by atoms with E-state index in [2.05, 4.69) is 10.6 Å². The summed E-state index contributed by atoms with van der Waals surface area (Å²) in [5.74, 6) is 0. The number of hydrogen-bond acceptors (Lipinski definition) is 6. The lowest BCUT2D eigenvalue weighted by atomic mass is 9.91. The molecule has 1 aliphatic rings. The zero-order valence-corrected chi connectivity index (χ0v) is 12.8. The van der Waals surface area contributed by atoms with Crippen molar-refractivity contribution < 1.29 is 25.2 Å². The van der Waals surface area contributed by atoms with E-state index in [1.54, 1.807) is 31.3 Å². The van der Waals surface area contributed by atoms with Gasteiger partial charge in [0.2, 0.25) is 0 Å². The third-order valence-corrected chi connectivity index (χ3v) is 3.92. The van der Waals surface area contributed by atoms with Crippen LogP contribution in [0.4, 0.5) is 5.69 Å². The van der Waals surface area contributed by atoms with E-state index in [4.69, 9.17) is 17.0 Å². The zero-order chi connectivity index (χ0) is 16.3. The highest BCUT2D eigenvalue weighted by molar-refractivity contribution is 7.80. The van der Waals surface area contributed by atoms with Gasteiger partial charge in [0.15, 0.2) is 5.11 Å². The maximum absolute atomic E-state index is 10.1. The van der Waals surface area contributed by atoms with Gasteiger partial charge in [-0.15, -0.1) is 0 Å². The predicted molar refractivity (Wildman–Crippen MR) is 84.4 cm³/mol. The van der Waals surface area contributed by atoms with Crippen molar-refractivity contribution in [3.8, 4) is 0 Å². The van der Waals surface area contributed by atoms with Crippen LogP contribution in [0.1, 0.15) is 11.7 Å². The van der Waals surface area contributed by atoms with E-state index in [0.717, 1.165) is 5.69 Å². The van der Waals surface area contributed by atoms with Gasteiger partial charge in [-0.2, -0.15) is 0 Å². The summed E-state index contributed by atoms with van der Waals surface area (Å²) >= 11 is 5.00. The maximum Gasteiger partial charge on any atom is 0.170 e. The molecule has 0 radical (unpaired) electrons. The maximum atomic E-state index is 10.1. The standard InChI is InChI=1S/C14H20N2O5S/c1-15-14(22)16-8-4-2-7(3-5-8)13-12(20)11(19)10(18)9(6-17)21-13/h2-5,9-13,17-20H,6H2,1H3,(H2,15,16,22)/t9?,10-,11-,12?,13?/m1/s1. The van der Waals surface area contributed by atoms with Crippen LogP contribution in [0.3, 0.4) is 0 Å². The zero-order valence-electron chi connectivity index (χ0n) is 12.0. The average Bonchev–Trinajstić information content (AvgIpc) is 2.54. The van der Waals surface area contributed by atoms with E-state index < -0.39 is 37.1 Å². The lowest BCUT2D eigenvalue weighted by molar-refractivity contribution is -0.231. The van der Waals surface area contributed by atoms with Gasteiger partial charge >= 0.3 is 0 Å². The lowest BCUT2D eigenvalue weighted by Gasteiger charge is -2.40. The fourth-order valence-corrected chi connectivity index (χ4v) is 2.44. The second kappa shape index (κ2) is 7.32. The normalized spacial score (nSPS) is 31.6. The molecular formula is C14H20N2O5S. The summed E-state index contributed by atoms with van der Waals surface area (Å²) in [5, 5.41) is 45.0. The fraction of sp³-hybridized carbons (Fsp3) is 0.500. The number of anilines is 1. The second-order valence-corrected chi connectivity index (χ2v) is 5.48. The van der Waals surface area contributed by atoms with Crippen molar-refractivity contribution in [3.63, 3.8) is 0 Å². The Morgan fingerprint density at radius 2 is 1.77 bits per heavy atom. The molecule has 122 valence electrons. The van der Waals surface area contributed by atoms with E-state index in [9.17, 15) is 20.4 Å². The van der Waals surface area contributed by atoms with Crippen LogP contribution in [0, 0.1) is 0 Å². The molecule has 0 spiro atoms. The van der Waals surface area contributed by atoms with Crippen LogP contribution < -0.4 is 10.6 Å². The molecule has 0 saturated carbocycles. The number of nitrogens with one attached hydrogen (secondary N) is 2. The Balaban J connectivity index is 2.14. The summed E-state index contributed by atoms with van der Waals surface area (Å²) in [6, 6.07) is 6.93. The number of benzene rings is 1. The lowest BCUT2D eigenvalue weighted by Crippen LogP contribution is -2.55. The first-order valence-corrected chi connectivity index (χ1v) is 7.28. The van der Waals surface area contributed by atoms with Crippen LogP contribution in [0.25, 0.3) is 0 Å². The van der Waals surface area contributed by atoms with E-state index >= 15 is 0 Å². The molecule has 0 bridgehead atoms. The van der Waals surface area contributed by atoms with Gasteiger partial charge in [-0.25, -0.2) is 0 Å². The molecule has 1 heterocycles. The molecule has 22 heavy (non-hydrogen) atoms. The topological polar surface area (TPSA) is 114 Å². The van der Waals surface area contributed by atoms with E-state index in [1.165, 1.54) is 0 Å². The van der Waals surface area contributed by atoms with E-state index in [-0.39, 0.29) is 0 Å². The summed E-state index contributed by atoms with van der Waals surface area (Å²) < 4.78 is 5.49. The Kier molecular flexibility index (Phi) is 5.68. The first-order valence-electron chi connectivity index (χ1n) is 6.87. The highest BCUT2D eigenvalue weighted by Crippen LogP contribution is 2.32. The summed E-state index contributed by atoms with van der Waals surface area (Å²) in [4.78, 5) is 0. The molecule has 1 fully saturated rings. The molecule has 1 saturated heterocycles. The number of hydrogen-bond donors (Lipinski definition) is 6. The average molecular weight is 328 g/mol. The van der Waals surface area contributed by atoms with Crippen molar-refractivity contribution in [2.75, 3.05) is 19.0 Å². The third kappa shape index (κ3) is 3.54. The molecule has 1 aromatic carbocycles. The highest BCUT2D eigenvalue weighted by atomic mass is 32.1. The Morgan fingerprint density at radius 1 is 1.14 bits per heavy atom. The molecule has 0 aliphatic carbocycles. The number of aliphatic hydroxyl groups excluding tert-OH is 4. The molecule has 7 nitrogen and oxygen atoms in total. The summed E-state index contributed by atoms with van der Waals surface area (Å²) in [7, 11) is 1.71. The van der Waals surface area contributed by atoms with Crippen LogP contribution in [0.2, 0.25) is 0 Å². The first-order chi connectivity index (χ1) is 10.5. The Hall–Kier alpha value is -1.29. The quantitative estimate of drug-likeness (QED) is 0.397. The molecule has 5 atom stereocenters. The van der Waals surface area contributed by atoms with Crippen LogP contribution >= 0.6 is 12.2 Å². The molecule has 0 amide bonds. The van der Waals surface area contributed by atoms with Crippen molar-refractivity contribution in [2.45, 2.75) is 30.5 Å². The molecular weight excluding hydrogens is 308 g/mol. The van der Waals surface area contributed by atoms with Gasteiger partial charge in [0.1, 0.15) is 30.5 Å². The van der Waals surface area contributed by atoms with Crippen molar-refractivity contribution in [2.24, 2.45) is 0 Å². The third-order valence-electron chi connectivity index (χ3n) is 3.62. The predicted octanol–water partition coefficient (Wildman–Crippen LogP) is -0.882. The van der Waals surface area contributed by atoms with Gasteiger partial charge < -0.3 is 35.8 Å². The smallest absolute Gasteiger partial charge is 0.170 e. The molecule has 0 aromatic heterocycles. The second-order valence-electron chi connectivity index (χ2n) is 5.08. The molecule has 8 heteroatoms. The molecule has 1 aliphatic heterocycles. The van der Waals surface area contributed by atoms with Crippen molar-refractivity contribution >= 4 is 23.0 Å². The highest BCUT2D eigenvalue weighted by Gasteiger charge is 2.43. The Labute approximate surface area is 133 Å². The summed E-state index contributed by atoms with van der Waals surface area (Å²) in [6.07, 6.45) is -5.77. The SMILES string of the molecule is CNC(=S)Nc1ccc(C2OC(CO)[C@@H](O)[C@@H](O)C2O)cc1. The van der Waals surface area contributed by atoms with Gasteiger partial charge in [-0.05, 0) is 29.9 Å². The fourth-order valence-electron chi connectivity index (χ4n) is 2.33. The minimum absolute atomic E-state index is 0.447. The Morgan fingerprint density at radius 3 is 2.32 bits per heavy atom. The van der Waals surface area contributed by atoms with Gasteiger partial charge in [0.25, 0.3) is 0 Å². The molecule has 3 unspecified atom stereocenters. The minimum Gasteiger partial charge on any atom is -0.394 e. The van der Waals surface area contributed by atoms with Gasteiger partial charge in [-0.1, -0.05) is 12.1 Å². The first kappa shape index (κ1) is 17.1. The largest absolute Gasteiger partial charge is 0.394 e. The van der Waals surface area contributed by atoms with E-state index in [1.807, 2.05) is 0 Å². The van der Waals surface area contributed by atoms with Crippen molar-refractivity contribution in [1.29, 1.82) is 0 Å². The summed E-state index contributed by atoms with van der Waals surface area (Å²) in [5.41, 5.74) is 1.38. The minimum atomic E-state index is -1.38.